The van der Waals surface area contributed by atoms with Crippen LogP contribution in [0.2, 0.25) is 5.02 Å². The molecule has 0 N–H and O–H groups in total. The molecule has 0 saturated carbocycles. The van der Waals surface area contributed by atoms with Gasteiger partial charge in [0.05, 0.1) is 26.2 Å². The second-order valence-corrected chi connectivity index (χ2v) is 9.08. The van der Waals surface area contributed by atoms with Crippen LogP contribution in [0.1, 0.15) is 22.3 Å². The number of hydrogen-bond donors (Lipinski definition) is 0. The fraction of sp³-hybridized carbons (Fsp3) is 0.120. The highest BCUT2D eigenvalue weighted by molar-refractivity contribution is 14.1. The van der Waals surface area contributed by atoms with Gasteiger partial charge in [-0.05, 0) is 70.5 Å². The molecule has 0 atom stereocenters. The molecule has 1 heterocycles. The first kappa shape index (κ1) is 24.7. The van der Waals surface area contributed by atoms with Crippen LogP contribution in [0.25, 0.3) is 6.08 Å². The van der Waals surface area contributed by atoms with Gasteiger partial charge in [0.25, 0.3) is 5.69 Å². The molecule has 10 heteroatoms. The number of aliphatic imine (C=N–C) groups is 1. The van der Waals surface area contributed by atoms with Gasteiger partial charge in [-0.2, -0.15) is 0 Å². The van der Waals surface area contributed by atoms with E-state index in [9.17, 15) is 14.9 Å². The summed E-state index contributed by atoms with van der Waals surface area (Å²) >= 11 is 8.29. The van der Waals surface area contributed by atoms with Crippen molar-refractivity contribution in [3.63, 3.8) is 0 Å². The number of carbonyl (C=O) groups is 1. The summed E-state index contributed by atoms with van der Waals surface area (Å²) in [6, 6.07) is 15.3. The van der Waals surface area contributed by atoms with Crippen molar-refractivity contribution in [3.8, 4) is 11.5 Å². The molecule has 0 unspecified atom stereocenters. The Morgan fingerprint density at radius 3 is 2.69 bits per heavy atom. The molecule has 0 bridgehead atoms. The van der Waals surface area contributed by atoms with Gasteiger partial charge in [0, 0.05) is 12.1 Å². The molecule has 178 valence electrons. The summed E-state index contributed by atoms with van der Waals surface area (Å²) < 4.78 is 17.6. The molecule has 0 saturated heterocycles. The molecule has 1 aliphatic heterocycles. The second-order valence-electron chi connectivity index (χ2n) is 7.51. The summed E-state index contributed by atoms with van der Waals surface area (Å²) in [6.07, 6.45) is 1.54. The first-order chi connectivity index (χ1) is 16.8. The Kier molecular flexibility index (Phi) is 7.37. The number of hydrogen-bond acceptors (Lipinski definition) is 7. The zero-order valence-electron chi connectivity index (χ0n) is 18.6. The Morgan fingerprint density at radius 2 is 1.97 bits per heavy atom. The van der Waals surface area contributed by atoms with Crippen molar-refractivity contribution in [2.75, 3.05) is 7.11 Å². The maximum absolute atomic E-state index is 12.5. The molecule has 4 rings (SSSR count). The zero-order chi connectivity index (χ0) is 25.1. The van der Waals surface area contributed by atoms with Crippen molar-refractivity contribution in [3.05, 3.63) is 101 Å². The van der Waals surface area contributed by atoms with E-state index >= 15 is 0 Å². The molecule has 3 aromatic carbocycles. The van der Waals surface area contributed by atoms with Crippen LogP contribution in [0.5, 0.6) is 11.5 Å². The summed E-state index contributed by atoms with van der Waals surface area (Å²) in [5.74, 6) is 0.279. The largest absolute Gasteiger partial charge is 0.493 e. The van der Waals surface area contributed by atoms with Gasteiger partial charge in [-0.3, -0.25) is 10.1 Å². The summed E-state index contributed by atoms with van der Waals surface area (Å²) in [7, 11) is 1.54. The van der Waals surface area contributed by atoms with Gasteiger partial charge in [0.15, 0.2) is 17.2 Å². The van der Waals surface area contributed by atoms with Crippen LogP contribution in [-0.2, 0) is 16.1 Å². The normalized spacial score (nSPS) is 14.0. The summed E-state index contributed by atoms with van der Waals surface area (Å²) in [5, 5.41) is 11.3. The van der Waals surface area contributed by atoms with Crippen LogP contribution in [0, 0.1) is 20.6 Å². The highest BCUT2D eigenvalue weighted by atomic mass is 127. The number of cyclic esters (lactones) is 1. The standard InChI is InChI=1S/C25H18ClIN2O6/c1-14-5-3-4-6-16(14)13-34-23-20(27)9-15(11-22(23)33-2)10-21-25(30)35-24(28-21)18-12-17(29(31)32)7-8-19(18)26/h3-12H,13H2,1-2H3/b21-10-. The second kappa shape index (κ2) is 10.4. The number of methoxy groups -OCH3 is 1. The lowest BCUT2D eigenvalue weighted by Crippen LogP contribution is -2.06. The summed E-state index contributed by atoms with van der Waals surface area (Å²) in [4.78, 5) is 27.2. The molecule has 35 heavy (non-hydrogen) atoms. The molecular weight excluding hydrogens is 587 g/mol. The van der Waals surface area contributed by atoms with Crippen LogP contribution in [-0.4, -0.2) is 23.9 Å². The molecule has 0 spiro atoms. The van der Waals surface area contributed by atoms with Crippen molar-refractivity contribution in [2.24, 2.45) is 4.99 Å². The van der Waals surface area contributed by atoms with E-state index in [4.69, 9.17) is 25.8 Å². The van der Waals surface area contributed by atoms with Gasteiger partial charge in [-0.1, -0.05) is 35.9 Å². The molecule has 0 radical (unpaired) electrons. The van der Waals surface area contributed by atoms with E-state index in [1.165, 1.54) is 31.4 Å². The third-order valence-electron chi connectivity index (χ3n) is 5.20. The lowest BCUT2D eigenvalue weighted by Gasteiger charge is -2.14. The minimum Gasteiger partial charge on any atom is -0.493 e. The Hall–Kier alpha value is -3.44. The van der Waals surface area contributed by atoms with Gasteiger partial charge in [0.2, 0.25) is 5.90 Å². The van der Waals surface area contributed by atoms with Gasteiger partial charge >= 0.3 is 5.97 Å². The number of ether oxygens (including phenoxy) is 3. The van der Waals surface area contributed by atoms with E-state index in [0.717, 1.165) is 14.7 Å². The minimum atomic E-state index is -0.698. The first-order valence-corrected chi connectivity index (χ1v) is 11.7. The van der Waals surface area contributed by atoms with Crippen molar-refractivity contribution in [1.29, 1.82) is 0 Å². The number of non-ortho nitro benzene ring substituents is 1. The van der Waals surface area contributed by atoms with Gasteiger partial charge < -0.3 is 14.2 Å². The average Bonchev–Trinajstić information content (AvgIpc) is 3.18. The number of halogens is 2. The zero-order valence-corrected chi connectivity index (χ0v) is 21.5. The predicted molar refractivity (Wildman–Crippen MR) is 140 cm³/mol. The van der Waals surface area contributed by atoms with Crippen molar-refractivity contribution < 1.29 is 23.9 Å². The van der Waals surface area contributed by atoms with E-state index in [1.807, 2.05) is 37.3 Å². The van der Waals surface area contributed by atoms with Crippen LogP contribution in [0.15, 0.2) is 65.3 Å². The molecule has 0 fully saturated rings. The van der Waals surface area contributed by atoms with Gasteiger partial charge in [-0.25, -0.2) is 9.79 Å². The first-order valence-electron chi connectivity index (χ1n) is 10.3. The third kappa shape index (κ3) is 5.46. The summed E-state index contributed by atoms with van der Waals surface area (Å²) in [5.41, 5.74) is 2.81. The molecule has 8 nitrogen and oxygen atoms in total. The Morgan fingerprint density at radius 1 is 1.20 bits per heavy atom. The highest BCUT2D eigenvalue weighted by Crippen LogP contribution is 2.36. The fourth-order valence-corrected chi connectivity index (χ4v) is 4.34. The van der Waals surface area contributed by atoms with Crippen molar-refractivity contribution in [1.82, 2.24) is 0 Å². The number of benzene rings is 3. The van der Waals surface area contributed by atoms with Crippen LogP contribution in [0.3, 0.4) is 0 Å². The van der Waals surface area contributed by atoms with Crippen LogP contribution < -0.4 is 9.47 Å². The lowest BCUT2D eigenvalue weighted by atomic mass is 10.1. The molecule has 3 aromatic rings. The number of nitro benzene ring substituents is 1. The Labute approximate surface area is 219 Å². The Bertz CT molecular complexity index is 1400. The maximum atomic E-state index is 12.5. The topological polar surface area (TPSA) is 100 Å². The van der Waals surface area contributed by atoms with E-state index in [1.54, 1.807) is 6.07 Å². The van der Waals surface area contributed by atoms with Crippen molar-refractivity contribution in [2.45, 2.75) is 13.5 Å². The SMILES string of the molecule is COc1cc(/C=C2\N=C(c3cc([N+](=O)[O-])ccc3Cl)OC2=O)cc(I)c1OCc1ccccc1C. The fourth-order valence-electron chi connectivity index (χ4n) is 3.36. The quantitative estimate of drug-likeness (QED) is 0.106. The number of carbonyl (C=O) groups excluding carboxylic acids is 1. The molecule has 0 amide bonds. The highest BCUT2D eigenvalue weighted by Gasteiger charge is 2.27. The molecular formula is C25H18ClIN2O6. The third-order valence-corrected chi connectivity index (χ3v) is 6.33. The van der Waals surface area contributed by atoms with Crippen LogP contribution in [0.4, 0.5) is 5.69 Å². The molecule has 0 aromatic heterocycles. The summed E-state index contributed by atoms with van der Waals surface area (Å²) in [6.45, 7) is 2.40. The lowest BCUT2D eigenvalue weighted by molar-refractivity contribution is -0.384. The minimum absolute atomic E-state index is 0.0222. The smallest absolute Gasteiger partial charge is 0.363 e. The number of nitrogens with zero attached hydrogens (tertiary/aromatic N) is 2. The monoisotopic (exact) mass is 604 g/mol. The van der Waals surface area contributed by atoms with E-state index in [2.05, 4.69) is 27.6 Å². The number of nitro groups is 1. The van der Waals surface area contributed by atoms with Gasteiger partial charge in [0.1, 0.15) is 6.61 Å². The van der Waals surface area contributed by atoms with E-state index in [0.29, 0.717) is 23.7 Å². The number of aryl methyl sites for hydroxylation is 1. The number of esters is 1. The maximum Gasteiger partial charge on any atom is 0.363 e. The molecule has 0 aliphatic carbocycles. The van der Waals surface area contributed by atoms with E-state index < -0.39 is 10.9 Å². The predicted octanol–water partition coefficient (Wildman–Crippen LogP) is 6.09. The van der Waals surface area contributed by atoms with Crippen LogP contribution >= 0.6 is 34.2 Å². The van der Waals surface area contributed by atoms with E-state index in [-0.39, 0.29) is 27.9 Å². The van der Waals surface area contributed by atoms with Gasteiger partial charge in [-0.15, -0.1) is 0 Å². The van der Waals surface area contributed by atoms with Crippen molar-refractivity contribution >= 4 is 57.8 Å². The molecule has 1 aliphatic rings. The number of rotatable bonds is 7. The Balaban J connectivity index is 1.63. The average molecular weight is 605 g/mol.